The molecule has 3 nitrogen and oxygen atoms in total. The molecule has 0 aromatic heterocycles. The number of nitrogens with zero attached hydrogens (tertiary/aromatic N) is 1. The van der Waals surface area contributed by atoms with Crippen molar-refractivity contribution in [3.8, 4) is 5.75 Å². The van der Waals surface area contributed by atoms with Crippen molar-refractivity contribution in [2.75, 3.05) is 11.4 Å². The summed E-state index contributed by atoms with van der Waals surface area (Å²) in [6, 6.07) is 15.2. The summed E-state index contributed by atoms with van der Waals surface area (Å²) in [6.07, 6.45) is 1.80. The number of unbranched alkanes of at least 4 members (excludes halogenated alkanes) is 1. The van der Waals surface area contributed by atoms with Crippen LogP contribution in [-0.2, 0) is 0 Å². The molecule has 23 heavy (non-hydrogen) atoms. The van der Waals surface area contributed by atoms with Gasteiger partial charge in [-0.25, -0.2) is 0 Å². The Balaban J connectivity index is 2.26. The van der Waals surface area contributed by atoms with E-state index in [0.29, 0.717) is 12.1 Å². The second-order valence-corrected chi connectivity index (χ2v) is 5.05. The minimum absolute atomic E-state index is 0.0191. The predicted molar refractivity (Wildman–Crippen MR) is 86.1 cm³/mol. The number of anilines is 1. The Hall–Kier alpha value is -2.43. The van der Waals surface area contributed by atoms with E-state index in [1.807, 2.05) is 37.3 Å². The Labute approximate surface area is 134 Å². The van der Waals surface area contributed by atoms with Crippen LogP contribution in [0.2, 0.25) is 0 Å². The molecule has 5 heteroatoms. The van der Waals surface area contributed by atoms with Crippen molar-refractivity contribution in [2.45, 2.75) is 26.4 Å². The molecule has 0 atom stereocenters. The summed E-state index contributed by atoms with van der Waals surface area (Å²) in [5, 5.41) is 0. The van der Waals surface area contributed by atoms with E-state index in [4.69, 9.17) is 0 Å². The first-order valence-corrected chi connectivity index (χ1v) is 7.53. The van der Waals surface area contributed by atoms with E-state index in [1.54, 1.807) is 11.0 Å². The zero-order valence-electron chi connectivity index (χ0n) is 12.9. The highest BCUT2D eigenvalue weighted by Gasteiger charge is 2.18. The summed E-state index contributed by atoms with van der Waals surface area (Å²) in [5.41, 5.74) is 1.11. The molecule has 0 saturated heterocycles. The first kappa shape index (κ1) is 16.9. The summed E-state index contributed by atoms with van der Waals surface area (Å²) < 4.78 is 29.0. The Morgan fingerprint density at radius 1 is 1.13 bits per heavy atom. The van der Waals surface area contributed by atoms with Crippen molar-refractivity contribution in [2.24, 2.45) is 0 Å². The number of para-hydroxylation sites is 1. The normalized spacial score (nSPS) is 10.6. The van der Waals surface area contributed by atoms with Gasteiger partial charge in [0.25, 0.3) is 5.91 Å². The summed E-state index contributed by atoms with van der Waals surface area (Å²) in [6.45, 7) is -0.296. The summed E-state index contributed by atoms with van der Waals surface area (Å²) >= 11 is 0. The van der Waals surface area contributed by atoms with Crippen LogP contribution in [0.25, 0.3) is 0 Å². The van der Waals surface area contributed by atoms with E-state index < -0.39 is 6.61 Å². The fourth-order valence-corrected chi connectivity index (χ4v) is 2.23. The molecular weight excluding hydrogens is 300 g/mol. The maximum Gasteiger partial charge on any atom is 0.387 e. The van der Waals surface area contributed by atoms with Gasteiger partial charge in [0, 0.05) is 17.8 Å². The monoisotopic (exact) mass is 319 g/mol. The topological polar surface area (TPSA) is 29.5 Å². The molecule has 0 heterocycles. The molecule has 0 N–H and O–H groups in total. The Morgan fingerprint density at radius 3 is 2.52 bits per heavy atom. The zero-order valence-corrected chi connectivity index (χ0v) is 12.9. The van der Waals surface area contributed by atoms with E-state index in [0.717, 1.165) is 18.5 Å². The highest BCUT2D eigenvalue weighted by Crippen LogP contribution is 2.21. The number of hydrogen-bond donors (Lipinski definition) is 0. The van der Waals surface area contributed by atoms with Crippen LogP contribution < -0.4 is 9.64 Å². The molecule has 1 amide bonds. The maximum absolute atomic E-state index is 12.8. The average molecular weight is 319 g/mol. The smallest absolute Gasteiger partial charge is 0.387 e. The number of benzene rings is 2. The van der Waals surface area contributed by atoms with Crippen molar-refractivity contribution in [1.82, 2.24) is 0 Å². The second-order valence-electron chi connectivity index (χ2n) is 5.05. The molecule has 0 saturated carbocycles. The highest BCUT2D eigenvalue weighted by atomic mass is 19.3. The summed E-state index contributed by atoms with van der Waals surface area (Å²) in [4.78, 5) is 14.4. The molecule has 122 valence electrons. The number of carbonyl (C=O) groups is 1. The molecule has 2 aromatic carbocycles. The van der Waals surface area contributed by atoms with Gasteiger partial charge in [0.1, 0.15) is 5.75 Å². The van der Waals surface area contributed by atoms with Gasteiger partial charge in [-0.1, -0.05) is 37.6 Å². The Morgan fingerprint density at radius 2 is 1.87 bits per heavy atom. The van der Waals surface area contributed by atoms with E-state index in [1.165, 1.54) is 18.2 Å². The van der Waals surface area contributed by atoms with E-state index in [9.17, 15) is 13.6 Å². The quantitative estimate of drug-likeness (QED) is 0.738. The molecule has 0 aliphatic heterocycles. The Kier molecular flexibility index (Phi) is 6.09. The minimum Gasteiger partial charge on any atom is -0.435 e. The molecular formula is C18H19F2NO2. The third-order valence-electron chi connectivity index (χ3n) is 3.35. The fourth-order valence-electron chi connectivity index (χ4n) is 2.23. The number of halogens is 2. The van der Waals surface area contributed by atoms with E-state index in [-0.39, 0.29) is 11.7 Å². The van der Waals surface area contributed by atoms with Gasteiger partial charge in [-0.05, 0) is 36.8 Å². The third-order valence-corrected chi connectivity index (χ3v) is 3.35. The molecule has 0 fully saturated rings. The number of hydrogen-bond acceptors (Lipinski definition) is 2. The van der Waals surface area contributed by atoms with Crippen molar-refractivity contribution in [3.63, 3.8) is 0 Å². The fraction of sp³-hybridized carbons (Fsp3) is 0.278. The van der Waals surface area contributed by atoms with Crippen molar-refractivity contribution in [3.05, 3.63) is 60.2 Å². The lowest BCUT2D eigenvalue weighted by Gasteiger charge is -2.23. The van der Waals surface area contributed by atoms with Crippen molar-refractivity contribution >= 4 is 11.6 Å². The van der Waals surface area contributed by atoms with Crippen LogP contribution in [0.1, 0.15) is 30.1 Å². The van der Waals surface area contributed by atoms with Gasteiger partial charge in [0.2, 0.25) is 0 Å². The largest absolute Gasteiger partial charge is 0.435 e. The van der Waals surface area contributed by atoms with Gasteiger partial charge in [-0.15, -0.1) is 0 Å². The standard InChI is InChI=1S/C18H19F2NO2/c1-2-3-12-21(15-9-5-4-6-10-15)17(22)14-8-7-11-16(13-14)23-18(19)20/h4-11,13,18H,2-3,12H2,1H3. The molecule has 2 aromatic rings. The number of carbonyl (C=O) groups excluding carboxylic acids is 1. The van der Waals surface area contributed by atoms with Gasteiger partial charge in [0.05, 0.1) is 0 Å². The van der Waals surface area contributed by atoms with Gasteiger partial charge < -0.3 is 9.64 Å². The van der Waals surface area contributed by atoms with Crippen LogP contribution in [0.5, 0.6) is 5.75 Å². The first-order valence-electron chi connectivity index (χ1n) is 7.53. The van der Waals surface area contributed by atoms with Gasteiger partial charge in [-0.3, -0.25) is 4.79 Å². The maximum atomic E-state index is 12.8. The summed E-state index contributed by atoms with van der Waals surface area (Å²) in [7, 11) is 0. The highest BCUT2D eigenvalue weighted by molar-refractivity contribution is 6.06. The first-order chi connectivity index (χ1) is 11.1. The van der Waals surface area contributed by atoms with Crippen LogP contribution in [0.4, 0.5) is 14.5 Å². The molecule has 0 spiro atoms. The number of amides is 1. The van der Waals surface area contributed by atoms with Crippen LogP contribution in [-0.4, -0.2) is 19.1 Å². The van der Waals surface area contributed by atoms with Crippen molar-refractivity contribution in [1.29, 1.82) is 0 Å². The summed E-state index contributed by atoms with van der Waals surface area (Å²) in [5.74, 6) is -0.251. The van der Waals surface area contributed by atoms with Gasteiger partial charge >= 0.3 is 6.61 Å². The second kappa shape index (κ2) is 8.27. The average Bonchev–Trinajstić information content (AvgIpc) is 2.55. The van der Waals surface area contributed by atoms with Crippen molar-refractivity contribution < 1.29 is 18.3 Å². The Bertz CT molecular complexity index is 632. The zero-order chi connectivity index (χ0) is 16.7. The number of alkyl halides is 2. The van der Waals surface area contributed by atoms with E-state index in [2.05, 4.69) is 4.74 Å². The van der Waals surface area contributed by atoms with E-state index >= 15 is 0 Å². The molecule has 0 bridgehead atoms. The molecule has 2 rings (SSSR count). The molecule has 0 aliphatic rings. The third kappa shape index (κ3) is 4.77. The SMILES string of the molecule is CCCCN(C(=O)c1cccc(OC(F)F)c1)c1ccccc1. The number of ether oxygens (including phenoxy) is 1. The van der Waals surface area contributed by atoms with Crippen LogP contribution in [0.15, 0.2) is 54.6 Å². The lowest BCUT2D eigenvalue weighted by atomic mass is 10.1. The minimum atomic E-state index is -2.91. The van der Waals surface area contributed by atoms with Crippen LogP contribution in [0, 0.1) is 0 Å². The molecule has 0 unspecified atom stereocenters. The number of rotatable bonds is 7. The van der Waals surface area contributed by atoms with Gasteiger partial charge in [-0.2, -0.15) is 8.78 Å². The van der Waals surface area contributed by atoms with Crippen LogP contribution in [0.3, 0.4) is 0 Å². The predicted octanol–water partition coefficient (Wildman–Crippen LogP) is 4.73. The molecule has 0 aliphatic carbocycles. The van der Waals surface area contributed by atoms with Gasteiger partial charge in [0.15, 0.2) is 0 Å². The molecule has 0 radical (unpaired) electrons. The lowest BCUT2D eigenvalue weighted by molar-refractivity contribution is -0.0498. The lowest BCUT2D eigenvalue weighted by Crippen LogP contribution is -2.31. The van der Waals surface area contributed by atoms with Crippen LogP contribution >= 0.6 is 0 Å².